The van der Waals surface area contributed by atoms with Crippen LogP contribution < -0.4 is 5.32 Å². The summed E-state index contributed by atoms with van der Waals surface area (Å²) in [5.41, 5.74) is 1.20. The van der Waals surface area contributed by atoms with Crippen molar-refractivity contribution in [2.24, 2.45) is 7.05 Å². The smallest absolute Gasteiger partial charge is 0.192 e. The molecule has 102 valence electrons. The van der Waals surface area contributed by atoms with Crippen LogP contribution in [0.4, 0.5) is 0 Å². The van der Waals surface area contributed by atoms with E-state index in [-0.39, 0.29) is 6.04 Å². The van der Waals surface area contributed by atoms with Gasteiger partial charge in [0.25, 0.3) is 0 Å². The van der Waals surface area contributed by atoms with Gasteiger partial charge in [-0.25, -0.2) is 14.6 Å². The number of nitrogens with one attached hydrogen (secondary N) is 1. The first-order valence-corrected chi connectivity index (χ1v) is 7.24. The molecule has 1 atom stereocenters. The number of hydrogen-bond acceptors (Lipinski definition) is 5. The summed E-state index contributed by atoms with van der Waals surface area (Å²) in [4.78, 5) is 8.69. The van der Waals surface area contributed by atoms with E-state index >= 15 is 0 Å². The predicted octanol–water partition coefficient (Wildman–Crippen LogP) is 2.42. The van der Waals surface area contributed by atoms with E-state index in [4.69, 9.17) is 0 Å². The van der Waals surface area contributed by atoms with Crippen LogP contribution in [0.15, 0.2) is 34.8 Å². The van der Waals surface area contributed by atoms with E-state index in [1.807, 2.05) is 19.3 Å². The molecule has 6 heteroatoms. The number of hydrogen-bond donors (Lipinski definition) is 1. The largest absolute Gasteiger partial charge is 0.310 e. The minimum Gasteiger partial charge on any atom is -0.310 e. The minimum absolute atomic E-state index is 0.282. The summed E-state index contributed by atoms with van der Waals surface area (Å²) in [6.45, 7) is 5.33. The highest BCUT2D eigenvalue weighted by Crippen LogP contribution is 2.29. The van der Waals surface area contributed by atoms with Gasteiger partial charge in [-0.15, -0.1) is 0 Å². The molecule has 0 aromatic carbocycles. The lowest BCUT2D eigenvalue weighted by Crippen LogP contribution is -2.20. The first-order chi connectivity index (χ1) is 9.22. The fourth-order valence-electron chi connectivity index (χ4n) is 1.75. The minimum atomic E-state index is 0.282. The lowest BCUT2D eigenvalue weighted by molar-refractivity contribution is 0.559. The Hall–Kier alpha value is -1.40. The van der Waals surface area contributed by atoms with E-state index in [2.05, 4.69) is 40.3 Å². The average molecular weight is 277 g/mol. The van der Waals surface area contributed by atoms with Gasteiger partial charge in [-0.3, -0.25) is 0 Å². The SMILES string of the molecule is CCCNC(C)c1cccnc1Sc1ncnn1C. The van der Waals surface area contributed by atoms with Gasteiger partial charge < -0.3 is 5.32 Å². The molecule has 2 rings (SSSR count). The molecule has 0 aliphatic carbocycles. The van der Waals surface area contributed by atoms with Crippen LogP contribution in [0.3, 0.4) is 0 Å². The van der Waals surface area contributed by atoms with Gasteiger partial charge >= 0.3 is 0 Å². The van der Waals surface area contributed by atoms with Gasteiger partial charge in [-0.2, -0.15) is 5.10 Å². The average Bonchev–Trinajstić information content (AvgIpc) is 2.82. The van der Waals surface area contributed by atoms with E-state index in [0.29, 0.717) is 0 Å². The van der Waals surface area contributed by atoms with E-state index < -0.39 is 0 Å². The monoisotopic (exact) mass is 277 g/mol. The van der Waals surface area contributed by atoms with Crippen molar-refractivity contribution >= 4 is 11.8 Å². The zero-order valence-corrected chi connectivity index (χ0v) is 12.3. The molecule has 0 aliphatic heterocycles. The molecule has 5 nitrogen and oxygen atoms in total. The summed E-state index contributed by atoms with van der Waals surface area (Å²) in [5.74, 6) is 0. The molecule has 19 heavy (non-hydrogen) atoms. The Balaban J connectivity index is 2.18. The Morgan fingerprint density at radius 2 is 2.26 bits per heavy atom. The molecule has 0 saturated heterocycles. The van der Waals surface area contributed by atoms with Crippen molar-refractivity contribution in [2.45, 2.75) is 36.5 Å². The maximum absolute atomic E-state index is 4.47. The summed E-state index contributed by atoms with van der Waals surface area (Å²) in [5, 5.41) is 9.40. The Bertz CT molecular complexity index is 525. The number of rotatable bonds is 6. The van der Waals surface area contributed by atoms with Crippen LogP contribution in [0, 0.1) is 0 Å². The van der Waals surface area contributed by atoms with Gasteiger partial charge in [-0.1, -0.05) is 13.0 Å². The second kappa shape index (κ2) is 6.68. The van der Waals surface area contributed by atoms with Crippen molar-refractivity contribution in [1.82, 2.24) is 25.1 Å². The third-order valence-electron chi connectivity index (χ3n) is 2.83. The summed E-state index contributed by atoms with van der Waals surface area (Å²) < 4.78 is 1.76. The van der Waals surface area contributed by atoms with Gasteiger partial charge in [0.05, 0.1) is 0 Å². The topological polar surface area (TPSA) is 55.6 Å². The van der Waals surface area contributed by atoms with E-state index in [9.17, 15) is 0 Å². The predicted molar refractivity (Wildman–Crippen MR) is 76.1 cm³/mol. The highest BCUT2D eigenvalue weighted by molar-refractivity contribution is 7.99. The molecule has 0 aliphatic rings. The maximum atomic E-state index is 4.47. The van der Waals surface area contributed by atoms with Gasteiger partial charge in [0.1, 0.15) is 11.4 Å². The molecule has 0 saturated carbocycles. The van der Waals surface area contributed by atoms with Crippen LogP contribution in [-0.4, -0.2) is 26.3 Å². The Kier molecular flexibility index (Phi) is 4.93. The Labute approximate surface area is 117 Å². The lowest BCUT2D eigenvalue weighted by atomic mass is 10.1. The van der Waals surface area contributed by atoms with Crippen LogP contribution in [0.25, 0.3) is 0 Å². The first-order valence-electron chi connectivity index (χ1n) is 6.42. The van der Waals surface area contributed by atoms with Crippen LogP contribution in [-0.2, 0) is 7.05 Å². The fourth-order valence-corrected chi connectivity index (χ4v) is 2.68. The molecule has 2 heterocycles. The first kappa shape index (κ1) is 14.0. The fraction of sp³-hybridized carbons (Fsp3) is 0.462. The van der Waals surface area contributed by atoms with Crippen molar-refractivity contribution < 1.29 is 0 Å². The van der Waals surface area contributed by atoms with Crippen molar-refractivity contribution in [2.75, 3.05) is 6.54 Å². The van der Waals surface area contributed by atoms with Gasteiger partial charge in [0.15, 0.2) is 5.16 Å². The summed E-state index contributed by atoms with van der Waals surface area (Å²) in [6, 6.07) is 4.36. The second-order valence-electron chi connectivity index (χ2n) is 4.34. The van der Waals surface area contributed by atoms with E-state index in [0.717, 1.165) is 23.1 Å². The lowest BCUT2D eigenvalue weighted by Gasteiger charge is -2.16. The number of aryl methyl sites for hydroxylation is 1. The highest BCUT2D eigenvalue weighted by Gasteiger charge is 2.13. The normalized spacial score (nSPS) is 12.6. The van der Waals surface area contributed by atoms with Crippen molar-refractivity contribution in [3.8, 4) is 0 Å². The summed E-state index contributed by atoms with van der Waals surface area (Å²) in [7, 11) is 1.89. The highest BCUT2D eigenvalue weighted by atomic mass is 32.2. The molecule has 1 N–H and O–H groups in total. The van der Waals surface area contributed by atoms with Crippen LogP contribution in [0.2, 0.25) is 0 Å². The van der Waals surface area contributed by atoms with E-state index in [1.54, 1.807) is 22.8 Å². The molecular weight excluding hydrogens is 258 g/mol. The van der Waals surface area contributed by atoms with Gasteiger partial charge in [0, 0.05) is 24.8 Å². The maximum Gasteiger partial charge on any atom is 0.192 e. The Morgan fingerprint density at radius 1 is 1.42 bits per heavy atom. The molecule has 0 amide bonds. The third kappa shape index (κ3) is 3.54. The summed E-state index contributed by atoms with van der Waals surface area (Å²) >= 11 is 1.55. The molecule has 2 aromatic rings. The molecule has 1 unspecified atom stereocenters. The van der Waals surface area contributed by atoms with Gasteiger partial charge in [-0.05, 0) is 37.7 Å². The van der Waals surface area contributed by atoms with Crippen molar-refractivity contribution in [1.29, 1.82) is 0 Å². The quantitative estimate of drug-likeness (QED) is 0.879. The standard InChI is InChI=1S/C13H19N5S/c1-4-7-14-10(2)11-6-5-8-15-12(11)19-13-16-9-17-18(13)3/h5-6,8-10,14H,4,7H2,1-3H3. The van der Waals surface area contributed by atoms with Crippen LogP contribution in [0.5, 0.6) is 0 Å². The van der Waals surface area contributed by atoms with Crippen LogP contribution in [0.1, 0.15) is 31.9 Å². The van der Waals surface area contributed by atoms with Crippen LogP contribution >= 0.6 is 11.8 Å². The third-order valence-corrected chi connectivity index (χ3v) is 3.91. The van der Waals surface area contributed by atoms with Crippen molar-refractivity contribution in [3.05, 3.63) is 30.2 Å². The van der Waals surface area contributed by atoms with Crippen molar-refractivity contribution in [3.63, 3.8) is 0 Å². The number of aromatic nitrogens is 4. The molecule has 0 bridgehead atoms. The number of nitrogens with zero attached hydrogens (tertiary/aromatic N) is 4. The zero-order chi connectivity index (χ0) is 13.7. The molecule has 0 spiro atoms. The number of pyridine rings is 1. The summed E-state index contributed by atoms with van der Waals surface area (Å²) in [6.07, 6.45) is 4.49. The van der Waals surface area contributed by atoms with E-state index in [1.165, 1.54) is 5.56 Å². The molecule has 2 aromatic heterocycles. The molecule has 0 fully saturated rings. The van der Waals surface area contributed by atoms with Gasteiger partial charge in [0.2, 0.25) is 0 Å². The molecular formula is C13H19N5S. The second-order valence-corrected chi connectivity index (χ2v) is 5.30. The molecule has 0 radical (unpaired) electrons. The Morgan fingerprint density at radius 3 is 2.95 bits per heavy atom. The zero-order valence-electron chi connectivity index (χ0n) is 11.5.